The maximum absolute atomic E-state index is 4.36. The van der Waals surface area contributed by atoms with Crippen LogP contribution in [0.5, 0.6) is 0 Å². The van der Waals surface area contributed by atoms with Gasteiger partial charge < -0.3 is 5.32 Å². The van der Waals surface area contributed by atoms with Gasteiger partial charge in [-0.05, 0) is 41.5 Å². The summed E-state index contributed by atoms with van der Waals surface area (Å²) in [5.74, 6) is 0. The summed E-state index contributed by atoms with van der Waals surface area (Å²) in [6.07, 6.45) is 3.90. The second-order valence-electron chi connectivity index (χ2n) is 5.23. The first-order valence-corrected chi connectivity index (χ1v) is 7.17. The Hall–Kier alpha value is -2.82. The molecule has 0 aliphatic carbocycles. The zero-order valence-electron chi connectivity index (χ0n) is 12.7. The van der Waals surface area contributed by atoms with E-state index in [1.165, 1.54) is 0 Å². The predicted molar refractivity (Wildman–Crippen MR) is 89.0 cm³/mol. The number of para-hydroxylation sites is 1. The van der Waals surface area contributed by atoms with Gasteiger partial charge in [0.15, 0.2) is 0 Å². The molecule has 1 N–H and O–H groups in total. The fraction of sp³-hybridized carbons (Fsp3) is 0.176. The van der Waals surface area contributed by atoms with Crippen molar-refractivity contribution in [1.82, 2.24) is 0 Å². The minimum Gasteiger partial charge on any atom is -0.356 e. The van der Waals surface area contributed by atoms with E-state index in [0.717, 1.165) is 17.1 Å². The summed E-state index contributed by atoms with van der Waals surface area (Å²) < 4.78 is 4.02. The van der Waals surface area contributed by atoms with Gasteiger partial charge in [0.1, 0.15) is 14.1 Å². The number of hydrogen-bond acceptors (Lipinski definition) is 3. The van der Waals surface area contributed by atoms with Gasteiger partial charge >= 0.3 is 6.29 Å². The van der Waals surface area contributed by atoms with Gasteiger partial charge in [-0.3, -0.25) is 0 Å². The van der Waals surface area contributed by atoms with Crippen molar-refractivity contribution in [3.8, 4) is 0 Å². The van der Waals surface area contributed by atoms with Gasteiger partial charge in [-0.15, -0.1) is 14.3 Å². The molecule has 3 rings (SSSR count). The number of azo groups is 1. The zero-order valence-corrected chi connectivity index (χ0v) is 12.7. The Morgan fingerprint density at radius 3 is 2.05 bits per heavy atom. The molecular weight excluding hydrogens is 274 g/mol. The third-order valence-electron chi connectivity index (χ3n) is 3.47. The average molecular weight is 293 g/mol. The molecule has 1 aliphatic heterocycles. The summed E-state index contributed by atoms with van der Waals surface area (Å²) in [7, 11) is 3.97. The largest absolute Gasteiger partial charge is 0.464 e. The molecule has 0 saturated heterocycles. The number of nitrogens with one attached hydrogen (secondary N) is 1. The lowest BCUT2D eigenvalue weighted by atomic mass is 10.2. The summed E-state index contributed by atoms with van der Waals surface area (Å²) >= 11 is 0. The fourth-order valence-corrected chi connectivity index (χ4v) is 2.23. The minimum atomic E-state index is -0.0675. The standard InChI is InChI=1S/C17H18N5/c1-21-12-13-22(2)17(21)20-19-16-10-8-15(9-11-16)18-14-6-4-3-5-7-14/h3-13,17H,1-2H3/q+1/p+1. The molecule has 0 aromatic heterocycles. The molecule has 2 aromatic carbocycles. The lowest BCUT2D eigenvalue weighted by Crippen LogP contribution is -2.25. The molecule has 0 bridgehead atoms. The first-order valence-electron chi connectivity index (χ1n) is 7.17. The van der Waals surface area contributed by atoms with Crippen LogP contribution in [0.15, 0.2) is 64.8 Å². The van der Waals surface area contributed by atoms with Crippen molar-refractivity contribution < 1.29 is 9.15 Å². The molecular formula is C17H19N5+2. The van der Waals surface area contributed by atoms with Crippen LogP contribution in [0, 0.1) is 0 Å². The van der Waals surface area contributed by atoms with Crippen molar-refractivity contribution >= 4 is 29.5 Å². The van der Waals surface area contributed by atoms with E-state index in [2.05, 4.69) is 15.5 Å². The van der Waals surface area contributed by atoms with E-state index < -0.39 is 0 Å². The SMILES string of the molecule is C[N+]1=CC=[N+](C)C1N=Nc1ccc(Nc2ccccc2)cc1. The molecule has 0 saturated carbocycles. The zero-order chi connectivity index (χ0) is 15.4. The molecule has 0 spiro atoms. The number of anilines is 2. The van der Waals surface area contributed by atoms with Crippen molar-refractivity contribution in [2.24, 2.45) is 10.2 Å². The number of rotatable bonds is 4. The number of hydrogen-bond donors (Lipinski definition) is 1. The second kappa shape index (κ2) is 6.30. The fourth-order valence-electron chi connectivity index (χ4n) is 2.23. The normalized spacial score (nSPS) is 15.0. The van der Waals surface area contributed by atoms with Gasteiger partial charge in [0.25, 0.3) is 0 Å². The molecule has 1 aliphatic rings. The highest BCUT2D eigenvalue weighted by molar-refractivity contribution is 6.11. The molecule has 110 valence electrons. The molecule has 5 nitrogen and oxygen atoms in total. The Balaban J connectivity index is 1.67. The maximum atomic E-state index is 4.36. The van der Waals surface area contributed by atoms with E-state index in [-0.39, 0.29) is 6.29 Å². The van der Waals surface area contributed by atoms with E-state index in [1.54, 1.807) is 0 Å². The minimum absolute atomic E-state index is 0.0675. The highest BCUT2D eigenvalue weighted by Gasteiger charge is 2.29. The van der Waals surface area contributed by atoms with Crippen molar-refractivity contribution in [2.75, 3.05) is 19.4 Å². The highest BCUT2D eigenvalue weighted by atomic mass is 15.4. The van der Waals surface area contributed by atoms with Crippen LogP contribution >= 0.6 is 0 Å². The summed E-state index contributed by atoms with van der Waals surface area (Å²) in [4.78, 5) is 0. The first kappa shape index (κ1) is 14.1. The lowest BCUT2D eigenvalue weighted by Gasteiger charge is -2.05. The highest BCUT2D eigenvalue weighted by Crippen LogP contribution is 2.20. The third kappa shape index (κ3) is 3.25. The van der Waals surface area contributed by atoms with Crippen LogP contribution in [0.25, 0.3) is 0 Å². The van der Waals surface area contributed by atoms with E-state index in [9.17, 15) is 0 Å². The van der Waals surface area contributed by atoms with Crippen LogP contribution in [-0.2, 0) is 0 Å². The molecule has 0 unspecified atom stereocenters. The molecule has 2 aromatic rings. The van der Waals surface area contributed by atoms with Crippen molar-refractivity contribution in [3.05, 3.63) is 54.6 Å². The van der Waals surface area contributed by atoms with Crippen molar-refractivity contribution in [1.29, 1.82) is 0 Å². The van der Waals surface area contributed by atoms with E-state index in [4.69, 9.17) is 0 Å². The second-order valence-corrected chi connectivity index (χ2v) is 5.23. The lowest BCUT2D eigenvalue weighted by molar-refractivity contribution is -0.737. The Morgan fingerprint density at radius 2 is 1.41 bits per heavy atom. The quantitative estimate of drug-likeness (QED) is 0.682. The van der Waals surface area contributed by atoms with Gasteiger partial charge in [0.05, 0.1) is 5.69 Å². The van der Waals surface area contributed by atoms with Gasteiger partial charge in [-0.1, -0.05) is 18.2 Å². The summed E-state index contributed by atoms with van der Waals surface area (Å²) in [5, 5.41) is 12.0. The Kier molecular flexibility index (Phi) is 4.05. The van der Waals surface area contributed by atoms with Gasteiger partial charge in [-0.25, -0.2) is 0 Å². The van der Waals surface area contributed by atoms with Crippen LogP contribution in [0.4, 0.5) is 17.1 Å². The summed E-state index contributed by atoms with van der Waals surface area (Å²) in [6.45, 7) is 0. The monoisotopic (exact) mass is 293 g/mol. The topological polar surface area (TPSA) is 42.8 Å². The molecule has 1 heterocycles. The van der Waals surface area contributed by atoms with Crippen molar-refractivity contribution in [3.63, 3.8) is 0 Å². The van der Waals surface area contributed by atoms with E-state index >= 15 is 0 Å². The number of benzene rings is 2. The van der Waals surface area contributed by atoms with Gasteiger partial charge in [0, 0.05) is 11.4 Å². The molecule has 0 fully saturated rings. The summed E-state index contributed by atoms with van der Waals surface area (Å²) in [5.41, 5.74) is 2.94. The van der Waals surface area contributed by atoms with Gasteiger partial charge in [-0.2, -0.15) is 0 Å². The molecule has 0 radical (unpaired) electrons. The summed E-state index contributed by atoms with van der Waals surface area (Å²) in [6, 6.07) is 18.0. The smallest absolute Gasteiger partial charge is 0.356 e. The third-order valence-corrected chi connectivity index (χ3v) is 3.47. The van der Waals surface area contributed by atoms with Crippen LogP contribution in [-0.4, -0.2) is 42.0 Å². The Bertz CT molecular complexity index is 711. The maximum Gasteiger partial charge on any atom is 0.464 e. The van der Waals surface area contributed by atoms with Crippen LogP contribution in [0.1, 0.15) is 0 Å². The van der Waals surface area contributed by atoms with Gasteiger partial charge in [0.2, 0.25) is 12.4 Å². The Morgan fingerprint density at radius 1 is 0.818 bits per heavy atom. The van der Waals surface area contributed by atoms with E-state index in [1.807, 2.05) is 90.3 Å². The molecule has 5 heteroatoms. The molecule has 22 heavy (non-hydrogen) atoms. The van der Waals surface area contributed by atoms with Crippen LogP contribution < -0.4 is 5.32 Å². The first-order chi connectivity index (χ1) is 10.7. The molecule has 0 amide bonds. The van der Waals surface area contributed by atoms with E-state index in [0.29, 0.717) is 0 Å². The number of nitrogens with zero attached hydrogens (tertiary/aromatic N) is 4. The predicted octanol–water partition coefficient (Wildman–Crippen LogP) is 3.24. The van der Waals surface area contributed by atoms with Crippen LogP contribution in [0.2, 0.25) is 0 Å². The van der Waals surface area contributed by atoms with Crippen LogP contribution in [0.3, 0.4) is 0 Å². The van der Waals surface area contributed by atoms with Crippen molar-refractivity contribution in [2.45, 2.75) is 6.29 Å². The average Bonchev–Trinajstić information content (AvgIpc) is 2.86. The molecule has 0 atom stereocenters. The Labute approximate surface area is 130 Å².